The number of carbonyl (C=O) groups is 2. The zero-order valence-electron chi connectivity index (χ0n) is 11.3. The molecule has 0 saturated carbocycles. The summed E-state index contributed by atoms with van der Waals surface area (Å²) >= 11 is 0. The van der Waals surface area contributed by atoms with E-state index in [9.17, 15) is 9.59 Å². The number of nitrogens with one attached hydrogen (secondary N) is 1. The molecular formula is C14H20N2O3. The first-order valence-electron chi connectivity index (χ1n) is 6.42. The Bertz CT molecular complexity index is 418. The molecule has 0 aliphatic heterocycles. The van der Waals surface area contributed by atoms with E-state index in [0.717, 1.165) is 0 Å². The van der Waals surface area contributed by atoms with Gasteiger partial charge in [-0.25, -0.2) is 4.98 Å². The number of aliphatic carboxylic acids is 1. The van der Waals surface area contributed by atoms with Crippen LogP contribution in [-0.2, 0) is 9.59 Å². The zero-order chi connectivity index (χ0) is 14.3. The quantitative estimate of drug-likeness (QED) is 0.793. The Hall–Kier alpha value is -1.91. The Morgan fingerprint density at radius 2 is 2.11 bits per heavy atom. The number of amides is 1. The van der Waals surface area contributed by atoms with E-state index >= 15 is 0 Å². The van der Waals surface area contributed by atoms with Gasteiger partial charge in [-0.15, -0.1) is 0 Å². The molecule has 0 fully saturated rings. The third-order valence-corrected chi connectivity index (χ3v) is 2.76. The van der Waals surface area contributed by atoms with Crippen LogP contribution in [0.3, 0.4) is 0 Å². The molecule has 1 heterocycles. The smallest absolute Gasteiger partial charge is 0.306 e. The standard InChI is InChI=1S/C14H20N2O3/c1-10(2)9-11(14(18)19)6-7-13(17)16-12-5-3-4-8-15-12/h3-5,8,10-11H,6-7,9H2,1-2H3,(H,18,19)(H,15,16,17). The number of hydrogen-bond acceptors (Lipinski definition) is 3. The molecule has 0 aliphatic rings. The third kappa shape index (κ3) is 5.99. The van der Waals surface area contributed by atoms with Crippen molar-refractivity contribution >= 4 is 17.7 Å². The fourth-order valence-electron chi connectivity index (χ4n) is 1.86. The van der Waals surface area contributed by atoms with Crippen molar-refractivity contribution in [3.05, 3.63) is 24.4 Å². The molecule has 0 saturated heterocycles. The number of anilines is 1. The first-order chi connectivity index (χ1) is 8.99. The van der Waals surface area contributed by atoms with Gasteiger partial charge in [-0.1, -0.05) is 19.9 Å². The highest BCUT2D eigenvalue weighted by atomic mass is 16.4. The SMILES string of the molecule is CC(C)CC(CCC(=O)Nc1ccccn1)C(=O)O. The zero-order valence-corrected chi connectivity index (χ0v) is 11.3. The van der Waals surface area contributed by atoms with Gasteiger partial charge in [0.15, 0.2) is 0 Å². The van der Waals surface area contributed by atoms with Crippen molar-refractivity contribution in [3.63, 3.8) is 0 Å². The summed E-state index contributed by atoms with van der Waals surface area (Å²) in [6, 6.07) is 5.24. The summed E-state index contributed by atoms with van der Waals surface area (Å²) in [6.45, 7) is 3.95. The van der Waals surface area contributed by atoms with Crippen LogP contribution in [0.4, 0.5) is 5.82 Å². The molecule has 5 nitrogen and oxygen atoms in total. The van der Waals surface area contributed by atoms with Crippen molar-refractivity contribution in [1.82, 2.24) is 4.98 Å². The molecule has 1 unspecified atom stereocenters. The molecule has 19 heavy (non-hydrogen) atoms. The number of pyridine rings is 1. The molecule has 0 aromatic carbocycles. The molecule has 0 bridgehead atoms. The second-order valence-corrected chi connectivity index (χ2v) is 4.97. The van der Waals surface area contributed by atoms with Gasteiger partial charge in [0.2, 0.25) is 5.91 Å². The minimum atomic E-state index is -0.834. The minimum absolute atomic E-state index is 0.195. The molecule has 104 valence electrons. The van der Waals surface area contributed by atoms with Gasteiger partial charge in [0.05, 0.1) is 5.92 Å². The fraction of sp³-hybridized carbons (Fsp3) is 0.500. The van der Waals surface area contributed by atoms with Gasteiger partial charge in [-0.05, 0) is 30.9 Å². The second-order valence-electron chi connectivity index (χ2n) is 4.97. The normalized spacial score (nSPS) is 12.2. The maximum atomic E-state index is 11.7. The lowest BCUT2D eigenvalue weighted by atomic mass is 9.93. The van der Waals surface area contributed by atoms with E-state index in [4.69, 9.17) is 5.11 Å². The van der Waals surface area contributed by atoms with Crippen LogP contribution in [0.15, 0.2) is 24.4 Å². The van der Waals surface area contributed by atoms with Gasteiger partial charge in [0.25, 0.3) is 0 Å². The Kier molecular flexibility index (Phi) is 5.99. The molecule has 0 spiro atoms. The van der Waals surface area contributed by atoms with Crippen molar-refractivity contribution in [2.45, 2.75) is 33.1 Å². The molecule has 0 radical (unpaired) electrons. The van der Waals surface area contributed by atoms with E-state index < -0.39 is 11.9 Å². The summed E-state index contributed by atoms with van der Waals surface area (Å²) in [5, 5.41) is 11.7. The van der Waals surface area contributed by atoms with Crippen LogP contribution < -0.4 is 5.32 Å². The summed E-state index contributed by atoms with van der Waals surface area (Å²) in [5.74, 6) is -0.703. The van der Waals surface area contributed by atoms with Gasteiger partial charge in [-0.2, -0.15) is 0 Å². The topological polar surface area (TPSA) is 79.3 Å². The van der Waals surface area contributed by atoms with Crippen LogP contribution in [0.2, 0.25) is 0 Å². The number of hydrogen-bond donors (Lipinski definition) is 2. The van der Waals surface area contributed by atoms with Gasteiger partial charge in [0.1, 0.15) is 5.82 Å². The van der Waals surface area contributed by atoms with Crippen LogP contribution in [0.1, 0.15) is 33.1 Å². The summed E-state index contributed by atoms with van der Waals surface area (Å²) in [4.78, 5) is 26.7. The number of carbonyl (C=O) groups excluding carboxylic acids is 1. The van der Waals surface area contributed by atoms with Crippen LogP contribution >= 0.6 is 0 Å². The molecule has 1 amide bonds. The number of carboxylic acid groups (broad SMARTS) is 1. The van der Waals surface area contributed by atoms with Crippen molar-refractivity contribution in [2.75, 3.05) is 5.32 Å². The average Bonchev–Trinajstić information content (AvgIpc) is 2.35. The summed E-state index contributed by atoms with van der Waals surface area (Å²) in [5.41, 5.74) is 0. The largest absolute Gasteiger partial charge is 0.481 e. The van der Waals surface area contributed by atoms with E-state index in [-0.39, 0.29) is 12.3 Å². The van der Waals surface area contributed by atoms with Crippen LogP contribution in [0.5, 0.6) is 0 Å². The summed E-state index contributed by atoms with van der Waals surface area (Å²) < 4.78 is 0. The van der Waals surface area contributed by atoms with Crippen LogP contribution in [-0.4, -0.2) is 22.0 Å². The van der Waals surface area contributed by atoms with Gasteiger partial charge in [-0.3, -0.25) is 9.59 Å². The van der Waals surface area contributed by atoms with Crippen molar-refractivity contribution in [3.8, 4) is 0 Å². The average molecular weight is 264 g/mol. The maximum absolute atomic E-state index is 11.7. The number of aromatic nitrogens is 1. The summed E-state index contributed by atoms with van der Waals surface area (Å²) in [7, 11) is 0. The first kappa shape index (κ1) is 15.1. The lowest BCUT2D eigenvalue weighted by Crippen LogP contribution is -2.20. The Morgan fingerprint density at radius 1 is 1.37 bits per heavy atom. The molecule has 1 atom stereocenters. The van der Waals surface area contributed by atoms with E-state index in [1.165, 1.54) is 0 Å². The Morgan fingerprint density at radius 3 is 2.63 bits per heavy atom. The minimum Gasteiger partial charge on any atom is -0.481 e. The molecule has 1 rings (SSSR count). The lowest BCUT2D eigenvalue weighted by molar-refractivity contribution is -0.142. The maximum Gasteiger partial charge on any atom is 0.306 e. The Balaban J connectivity index is 2.42. The van der Waals surface area contributed by atoms with Gasteiger partial charge >= 0.3 is 5.97 Å². The van der Waals surface area contributed by atoms with E-state index in [1.54, 1.807) is 24.4 Å². The van der Waals surface area contributed by atoms with E-state index in [2.05, 4.69) is 10.3 Å². The molecule has 1 aromatic heterocycles. The second kappa shape index (κ2) is 7.51. The highest BCUT2D eigenvalue weighted by molar-refractivity contribution is 5.89. The third-order valence-electron chi connectivity index (χ3n) is 2.76. The number of nitrogens with zero attached hydrogens (tertiary/aromatic N) is 1. The summed E-state index contributed by atoms with van der Waals surface area (Å²) in [6.07, 6.45) is 2.73. The highest BCUT2D eigenvalue weighted by Gasteiger charge is 2.20. The fourth-order valence-corrected chi connectivity index (χ4v) is 1.86. The van der Waals surface area contributed by atoms with Crippen molar-refractivity contribution in [1.29, 1.82) is 0 Å². The molecule has 5 heteroatoms. The predicted molar refractivity (Wildman–Crippen MR) is 72.7 cm³/mol. The van der Waals surface area contributed by atoms with Crippen LogP contribution in [0.25, 0.3) is 0 Å². The molecule has 0 aliphatic carbocycles. The molecule has 1 aromatic rings. The van der Waals surface area contributed by atoms with E-state index in [0.29, 0.717) is 24.6 Å². The van der Waals surface area contributed by atoms with E-state index in [1.807, 2.05) is 13.8 Å². The van der Waals surface area contributed by atoms with Crippen LogP contribution in [0, 0.1) is 11.8 Å². The molecular weight excluding hydrogens is 244 g/mol. The monoisotopic (exact) mass is 264 g/mol. The number of carboxylic acids is 1. The highest BCUT2D eigenvalue weighted by Crippen LogP contribution is 2.17. The van der Waals surface area contributed by atoms with Crippen molar-refractivity contribution < 1.29 is 14.7 Å². The lowest BCUT2D eigenvalue weighted by Gasteiger charge is -2.14. The van der Waals surface area contributed by atoms with Crippen molar-refractivity contribution in [2.24, 2.45) is 11.8 Å². The number of rotatable bonds is 7. The molecule has 2 N–H and O–H groups in total. The predicted octanol–water partition coefficient (Wildman–Crippen LogP) is 2.55. The first-order valence-corrected chi connectivity index (χ1v) is 6.42. The van der Waals surface area contributed by atoms with Gasteiger partial charge in [0, 0.05) is 12.6 Å². The Labute approximate surface area is 113 Å². The van der Waals surface area contributed by atoms with Gasteiger partial charge < -0.3 is 10.4 Å².